The van der Waals surface area contributed by atoms with Crippen molar-refractivity contribution >= 4 is 27.3 Å². The van der Waals surface area contributed by atoms with E-state index in [2.05, 4.69) is 4.72 Å². The summed E-state index contributed by atoms with van der Waals surface area (Å²) in [5.74, 6) is 0. The van der Waals surface area contributed by atoms with E-state index in [0.717, 1.165) is 11.1 Å². The number of hydrogen-bond donors (Lipinski definition) is 2. The van der Waals surface area contributed by atoms with Gasteiger partial charge in [-0.25, -0.2) is 8.42 Å². The second kappa shape index (κ2) is 6.05. The molecule has 0 saturated carbocycles. The van der Waals surface area contributed by atoms with E-state index in [4.69, 9.17) is 16.7 Å². The molecular weight excluding hydrogens is 310 g/mol. The van der Waals surface area contributed by atoms with Crippen molar-refractivity contribution in [1.29, 1.82) is 0 Å². The van der Waals surface area contributed by atoms with Crippen LogP contribution < -0.4 is 4.72 Å². The second-order valence-corrected chi connectivity index (χ2v) is 6.90. The van der Waals surface area contributed by atoms with Crippen LogP contribution in [0.2, 0.25) is 5.02 Å². The SMILES string of the molecule is Cc1ccc(C)c(NS(=O)(=O)c2cc(CO)ccc2Cl)c1. The van der Waals surface area contributed by atoms with Gasteiger partial charge in [0.05, 0.1) is 17.3 Å². The molecule has 4 nitrogen and oxygen atoms in total. The molecule has 0 bridgehead atoms. The standard InChI is InChI=1S/C15H16ClNO3S/c1-10-3-4-11(2)14(7-10)17-21(19,20)15-8-12(9-18)5-6-13(15)16/h3-8,17-18H,9H2,1-2H3. The quantitative estimate of drug-likeness (QED) is 0.906. The van der Waals surface area contributed by atoms with E-state index >= 15 is 0 Å². The van der Waals surface area contributed by atoms with Crippen LogP contribution in [0.25, 0.3) is 0 Å². The van der Waals surface area contributed by atoms with Crippen molar-refractivity contribution in [3.63, 3.8) is 0 Å². The zero-order valence-corrected chi connectivity index (χ0v) is 13.3. The maximum absolute atomic E-state index is 12.5. The molecule has 2 N–H and O–H groups in total. The van der Waals surface area contributed by atoms with E-state index in [1.807, 2.05) is 26.0 Å². The van der Waals surface area contributed by atoms with Crippen LogP contribution in [0.15, 0.2) is 41.3 Å². The Morgan fingerprint density at radius 1 is 1.14 bits per heavy atom. The van der Waals surface area contributed by atoms with Crippen molar-refractivity contribution < 1.29 is 13.5 Å². The van der Waals surface area contributed by atoms with Crippen LogP contribution >= 0.6 is 11.6 Å². The molecule has 0 fully saturated rings. The fraction of sp³-hybridized carbons (Fsp3) is 0.200. The van der Waals surface area contributed by atoms with Gasteiger partial charge in [-0.3, -0.25) is 4.72 Å². The molecule has 2 aromatic rings. The predicted octanol–water partition coefficient (Wildman–Crippen LogP) is 3.25. The molecule has 0 aliphatic carbocycles. The van der Waals surface area contributed by atoms with E-state index in [-0.39, 0.29) is 16.5 Å². The molecule has 0 atom stereocenters. The van der Waals surface area contributed by atoms with Crippen molar-refractivity contribution in [3.8, 4) is 0 Å². The van der Waals surface area contributed by atoms with Crippen LogP contribution in [0.3, 0.4) is 0 Å². The van der Waals surface area contributed by atoms with Gasteiger partial charge in [0.2, 0.25) is 0 Å². The van der Waals surface area contributed by atoms with Crippen molar-refractivity contribution in [1.82, 2.24) is 0 Å². The summed E-state index contributed by atoms with van der Waals surface area (Å²) in [6, 6.07) is 9.93. The molecule has 0 heterocycles. The van der Waals surface area contributed by atoms with Crippen LogP contribution in [-0.2, 0) is 16.6 Å². The Hall–Kier alpha value is -1.56. The average Bonchev–Trinajstić information content (AvgIpc) is 2.43. The van der Waals surface area contributed by atoms with Crippen molar-refractivity contribution in [3.05, 3.63) is 58.1 Å². The topological polar surface area (TPSA) is 66.4 Å². The summed E-state index contributed by atoms with van der Waals surface area (Å²) in [6.45, 7) is 3.46. The van der Waals surface area contributed by atoms with Crippen LogP contribution in [-0.4, -0.2) is 13.5 Å². The minimum atomic E-state index is -3.81. The molecular formula is C15H16ClNO3S. The van der Waals surface area contributed by atoms with E-state index in [0.29, 0.717) is 11.3 Å². The lowest BCUT2D eigenvalue weighted by Gasteiger charge is -2.13. The Morgan fingerprint density at radius 3 is 2.52 bits per heavy atom. The third kappa shape index (κ3) is 3.56. The highest BCUT2D eigenvalue weighted by Crippen LogP contribution is 2.26. The Kier molecular flexibility index (Phi) is 4.56. The molecule has 6 heteroatoms. The molecule has 21 heavy (non-hydrogen) atoms. The van der Waals surface area contributed by atoms with Crippen LogP contribution in [0.1, 0.15) is 16.7 Å². The maximum Gasteiger partial charge on any atom is 0.263 e. The number of aryl methyl sites for hydroxylation is 2. The second-order valence-electron chi connectivity index (χ2n) is 4.85. The number of rotatable bonds is 4. The van der Waals surface area contributed by atoms with Gasteiger partial charge in [0, 0.05) is 0 Å². The summed E-state index contributed by atoms with van der Waals surface area (Å²) in [6.07, 6.45) is 0. The Balaban J connectivity index is 2.45. The fourth-order valence-corrected chi connectivity index (χ4v) is 3.57. The summed E-state index contributed by atoms with van der Waals surface area (Å²) in [7, 11) is -3.81. The minimum Gasteiger partial charge on any atom is -0.392 e. The zero-order chi connectivity index (χ0) is 15.6. The number of anilines is 1. The highest BCUT2D eigenvalue weighted by molar-refractivity contribution is 7.92. The van der Waals surface area contributed by atoms with Crippen LogP contribution in [0.4, 0.5) is 5.69 Å². The summed E-state index contributed by atoms with van der Waals surface area (Å²) < 4.78 is 27.5. The van der Waals surface area contributed by atoms with Crippen LogP contribution in [0, 0.1) is 13.8 Å². The summed E-state index contributed by atoms with van der Waals surface area (Å²) in [5.41, 5.74) is 2.77. The highest BCUT2D eigenvalue weighted by Gasteiger charge is 2.19. The van der Waals surface area contributed by atoms with Crippen LogP contribution in [0.5, 0.6) is 0 Å². The number of aliphatic hydroxyl groups is 1. The lowest BCUT2D eigenvalue weighted by Crippen LogP contribution is -2.14. The van der Waals surface area contributed by atoms with E-state index < -0.39 is 10.0 Å². The highest BCUT2D eigenvalue weighted by atomic mass is 35.5. The smallest absolute Gasteiger partial charge is 0.263 e. The molecule has 0 radical (unpaired) electrons. The number of nitrogens with one attached hydrogen (secondary N) is 1. The molecule has 0 aliphatic rings. The molecule has 0 spiro atoms. The average molecular weight is 326 g/mol. The first-order valence-electron chi connectivity index (χ1n) is 6.33. The first kappa shape index (κ1) is 15.8. The van der Waals surface area contributed by atoms with Gasteiger partial charge < -0.3 is 5.11 Å². The molecule has 0 aromatic heterocycles. The van der Waals surface area contributed by atoms with Gasteiger partial charge >= 0.3 is 0 Å². The largest absolute Gasteiger partial charge is 0.392 e. The molecule has 0 saturated heterocycles. The summed E-state index contributed by atoms with van der Waals surface area (Å²) in [4.78, 5) is -0.0448. The van der Waals surface area contributed by atoms with Gasteiger partial charge in [0.25, 0.3) is 10.0 Å². The summed E-state index contributed by atoms with van der Waals surface area (Å²) in [5, 5.41) is 9.25. The summed E-state index contributed by atoms with van der Waals surface area (Å²) >= 11 is 5.97. The maximum atomic E-state index is 12.5. The lowest BCUT2D eigenvalue weighted by atomic mass is 10.1. The zero-order valence-electron chi connectivity index (χ0n) is 11.7. The number of hydrogen-bond acceptors (Lipinski definition) is 3. The van der Waals surface area contributed by atoms with Crippen molar-refractivity contribution in [2.75, 3.05) is 4.72 Å². The third-order valence-electron chi connectivity index (χ3n) is 3.11. The van der Waals surface area contributed by atoms with E-state index in [1.54, 1.807) is 12.1 Å². The number of halogens is 1. The van der Waals surface area contributed by atoms with Gasteiger partial charge in [-0.1, -0.05) is 29.8 Å². The van der Waals surface area contributed by atoms with Crippen molar-refractivity contribution in [2.45, 2.75) is 25.3 Å². The van der Waals surface area contributed by atoms with Gasteiger partial charge in [-0.15, -0.1) is 0 Å². The molecule has 0 amide bonds. The normalized spacial score (nSPS) is 11.4. The number of aliphatic hydroxyl groups excluding tert-OH is 1. The van der Waals surface area contributed by atoms with Gasteiger partial charge in [0.1, 0.15) is 4.90 Å². The molecule has 2 rings (SSSR count). The molecule has 2 aromatic carbocycles. The van der Waals surface area contributed by atoms with Gasteiger partial charge in [0.15, 0.2) is 0 Å². The molecule has 0 aliphatic heterocycles. The first-order valence-corrected chi connectivity index (χ1v) is 8.19. The third-order valence-corrected chi connectivity index (χ3v) is 4.95. The fourth-order valence-electron chi connectivity index (χ4n) is 1.90. The van der Waals surface area contributed by atoms with E-state index in [9.17, 15) is 8.42 Å². The van der Waals surface area contributed by atoms with Crippen molar-refractivity contribution in [2.24, 2.45) is 0 Å². The van der Waals surface area contributed by atoms with E-state index in [1.165, 1.54) is 12.1 Å². The Labute approximate surface area is 129 Å². The monoisotopic (exact) mass is 325 g/mol. The minimum absolute atomic E-state index is 0.0448. The first-order chi connectivity index (χ1) is 9.83. The molecule has 112 valence electrons. The molecule has 0 unspecified atom stereocenters. The van der Waals surface area contributed by atoms with Gasteiger partial charge in [-0.05, 0) is 48.7 Å². The predicted molar refractivity (Wildman–Crippen MR) is 84.1 cm³/mol. The number of benzene rings is 2. The number of sulfonamides is 1. The van der Waals surface area contributed by atoms with Gasteiger partial charge in [-0.2, -0.15) is 0 Å². The Bertz CT molecular complexity index is 772. The Morgan fingerprint density at radius 2 is 1.86 bits per heavy atom. The lowest BCUT2D eigenvalue weighted by molar-refractivity contribution is 0.281.